The van der Waals surface area contributed by atoms with E-state index in [1.807, 2.05) is 20.8 Å². The Hall–Kier alpha value is -1.72. The molecule has 2 rings (SSSR count). The van der Waals surface area contributed by atoms with Crippen LogP contribution >= 0.6 is 0 Å². The summed E-state index contributed by atoms with van der Waals surface area (Å²) in [5.74, 6) is 0.218. The summed E-state index contributed by atoms with van der Waals surface area (Å²) >= 11 is 0. The van der Waals surface area contributed by atoms with Gasteiger partial charge in [0.05, 0.1) is 5.69 Å². The summed E-state index contributed by atoms with van der Waals surface area (Å²) in [6.07, 6.45) is 0.550. The van der Waals surface area contributed by atoms with Gasteiger partial charge in [0.2, 0.25) is 5.88 Å². The summed E-state index contributed by atoms with van der Waals surface area (Å²) < 4.78 is 5.32. The summed E-state index contributed by atoms with van der Waals surface area (Å²) in [5.41, 5.74) is 0.318. The molecule has 0 spiro atoms. The van der Waals surface area contributed by atoms with Gasteiger partial charge in [0, 0.05) is 25.1 Å². The average Bonchev–Trinajstić information content (AvgIpc) is 2.82. The third-order valence-corrected chi connectivity index (χ3v) is 2.84. The minimum atomic E-state index is -0.472. The molecular weight excluding hydrogens is 234 g/mol. The van der Waals surface area contributed by atoms with Crippen LogP contribution in [-0.2, 0) is 4.74 Å². The van der Waals surface area contributed by atoms with E-state index in [2.05, 4.69) is 10.2 Å². The molecule has 0 unspecified atom stereocenters. The number of H-pyrrole nitrogens is 1. The van der Waals surface area contributed by atoms with E-state index in [-0.39, 0.29) is 17.9 Å². The Morgan fingerprint density at radius 3 is 2.89 bits per heavy atom. The van der Waals surface area contributed by atoms with Gasteiger partial charge in [-0.05, 0) is 27.2 Å². The fraction of sp³-hybridized carbons (Fsp3) is 0.667. The molecule has 0 aliphatic carbocycles. The van der Waals surface area contributed by atoms with Gasteiger partial charge >= 0.3 is 6.09 Å². The highest BCUT2D eigenvalue weighted by atomic mass is 16.6. The summed E-state index contributed by atoms with van der Waals surface area (Å²) in [6.45, 7) is 6.80. The number of likely N-dealkylation sites (tertiary alicyclic amines) is 1. The normalized spacial score (nSPS) is 20.2. The maximum Gasteiger partial charge on any atom is 0.410 e. The molecule has 0 radical (unpaired) electrons. The second kappa shape index (κ2) is 4.51. The van der Waals surface area contributed by atoms with Crippen LogP contribution in [0.2, 0.25) is 0 Å². The van der Waals surface area contributed by atoms with E-state index in [1.54, 1.807) is 11.0 Å². The van der Waals surface area contributed by atoms with Crippen molar-refractivity contribution < 1.29 is 14.6 Å². The first-order chi connectivity index (χ1) is 8.35. The Morgan fingerprint density at radius 2 is 2.33 bits per heavy atom. The SMILES string of the molecule is CC(C)(C)OC(=O)N1CC[C@@H](c2cc(O)[nH]n2)C1. The van der Waals surface area contributed by atoms with Crippen LogP contribution in [0.25, 0.3) is 0 Å². The Bertz CT molecular complexity index is 436. The average molecular weight is 253 g/mol. The van der Waals surface area contributed by atoms with E-state index < -0.39 is 5.60 Å². The molecule has 0 aromatic carbocycles. The number of carbonyl (C=O) groups is 1. The minimum Gasteiger partial charge on any atom is -0.494 e. The molecule has 6 nitrogen and oxygen atoms in total. The molecule has 1 atom stereocenters. The summed E-state index contributed by atoms with van der Waals surface area (Å²) in [5, 5.41) is 15.7. The van der Waals surface area contributed by atoms with Crippen molar-refractivity contribution in [3.05, 3.63) is 11.8 Å². The highest BCUT2D eigenvalue weighted by molar-refractivity contribution is 5.68. The predicted molar refractivity (Wildman–Crippen MR) is 65.4 cm³/mol. The van der Waals surface area contributed by atoms with Crippen LogP contribution in [0.1, 0.15) is 38.8 Å². The number of carbonyl (C=O) groups excluding carboxylic acids is 1. The van der Waals surface area contributed by atoms with Crippen LogP contribution in [0.15, 0.2) is 6.07 Å². The second-order valence-corrected chi connectivity index (χ2v) is 5.59. The van der Waals surface area contributed by atoms with Crippen molar-refractivity contribution in [3.63, 3.8) is 0 Å². The van der Waals surface area contributed by atoms with Crippen LogP contribution in [0.5, 0.6) is 5.88 Å². The predicted octanol–water partition coefficient (Wildman–Crippen LogP) is 1.84. The number of nitrogens with one attached hydrogen (secondary N) is 1. The quantitative estimate of drug-likeness (QED) is 0.800. The van der Waals surface area contributed by atoms with Crippen LogP contribution in [0.3, 0.4) is 0 Å². The number of rotatable bonds is 1. The Kier molecular flexibility index (Phi) is 3.19. The van der Waals surface area contributed by atoms with E-state index >= 15 is 0 Å². The minimum absolute atomic E-state index is 0.0562. The summed E-state index contributed by atoms with van der Waals surface area (Å²) in [6, 6.07) is 1.60. The maximum atomic E-state index is 11.9. The first kappa shape index (κ1) is 12.7. The largest absolute Gasteiger partial charge is 0.494 e. The lowest BCUT2D eigenvalue weighted by Gasteiger charge is -2.24. The van der Waals surface area contributed by atoms with Crippen molar-refractivity contribution in [2.45, 2.75) is 38.7 Å². The number of nitrogens with zero attached hydrogens (tertiary/aromatic N) is 2. The lowest BCUT2D eigenvalue weighted by molar-refractivity contribution is 0.0292. The Balaban J connectivity index is 1.94. The Morgan fingerprint density at radius 1 is 1.61 bits per heavy atom. The van der Waals surface area contributed by atoms with Crippen molar-refractivity contribution in [2.24, 2.45) is 0 Å². The smallest absolute Gasteiger partial charge is 0.410 e. The van der Waals surface area contributed by atoms with Crippen LogP contribution < -0.4 is 0 Å². The lowest BCUT2D eigenvalue weighted by atomic mass is 10.1. The maximum absolute atomic E-state index is 11.9. The third kappa shape index (κ3) is 2.94. The molecule has 18 heavy (non-hydrogen) atoms. The number of aromatic nitrogens is 2. The number of ether oxygens (including phenoxy) is 1. The lowest BCUT2D eigenvalue weighted by Crippen LogP contribution is -2.35. The molecule has 0 saturated carbocycles. The topological polar surface area (TPSA) is 78.5 Å². The second-order valence-electron chi connectivity index (χ2n) is 5.59. The number of aromatic hydroxyl groups is 1. The molecule has 6 heteroatoms. The Labute approximate surface area is 106 Å². The number of aromatic amines is 1. The van der Waals surface area contributed by atoms with Gasteiger partial charge in [-0.1, -0.05) is 0 Å². The zero-order valence-electron chi connectivity index (χ0n) is 10.9. The van der Waals surface area contributed by atoms with Gasteiger partial charge in [0.1, 0.15) is 5.60 Å². The first-order valence-electron chi connectivity index (χ1n) is 6.07. The van der Waals surface area contributed by atoms with Gasteiger partial charge in [0.25, 0.3) is 0 Å². The van der Waals surface area contributed by atoms with Gasteiger partial charge in [-0.3, -0.25) is 0 Å². The van der Waals surface area contributed by atoms with Crippen molar-refractivity contribution >= 4 is 6.09 Å². The fourth-order valence-electron chi connectivity index (χ4n) is 2.03. The van der Waals surface area contributed by atoms with Gasteiger partial charge in [-0.25, -0.2) is 9.89 Å². The van der Waals surface area contributed by atoms with Gasteiger partial charge in [0.15, 0.2) is 0 Å². The standard InChI is InChI=1S/C12H19N3O3/c1-12(2,3)18-11(17)15-5-4-8(7-15)9-6-10(16)14-13-9/h6,8H,4-5,7H2,1-3H3,(H2,13,14,16)/t8-/m1/s1. The van der Waals surface area contributed by atoms with Crippen molar-refractivity contribution in [3.8, 4) is 5.88 Å². The molecule has 1 aromatic heterocycles. The summed E-state index contributed by atoms with van der Waals surface area (Å²) in [7, 11) is 0. The zero-order chi connectivity index (χ0) is 13.3. The molecular formula is C12H19N3O3. The van der Waals surface area contributed by atoms with Crippen LogP contribution in [-0.4, -0.2) is 45.0 Å². The van der Waals surface area contributed by atoms with Gasteiger partial charge in [-0.2, -0.15) is 5.10 Å². The molecule has 100 valence electrons. The highest BCUT2D eigenvalue weighted by Gasteiger charge is 2.31. The van der Waals surface area contributed by atoms with E-state index in [9.17, 15) is 9.90 Å². The highest BCUT2D eigenvalue weighted by Crippen LogP contribution is 2.28. The molecule has 1 aliphatic heterocycles. The van der Waals surface area contributed by atoms with Crippen molar-refractivity contribution in [1.29, 1.82) is 0 Å². The molecule has 2 heterocycles. The zero-order valence-corrected chi connectivity index (χ0v) is 10.9. The van der Waals surface area contributed by atoms with Gasteiger partial charge < -0.3 is 14.7 Å². The molecule has 1 amide bonds. The van der Waals surface area contributed by atoms with Crippen molar-refractivity contribution in [2.75, 3.05) is 13.1 Å². The van der Waals surface area contributed by atoms with E-state index in [0.29, 0.717) is 13.1 Å². The van der Waals surface area contributed by atoms with E-state index in [1.165, 1.54) is 0 Å². The van der Waals surface area contributed by atoms with E-state index in [4.69, 9.17) is 4.74 Å². The van der Waals surface area contributed by atoms with Crippen LogP contribution in [0, 0.1) is 0 Å². The van der Waals surface area contributed by atoms with Crippen molar-refractivity contribution in [1.82, 2.24) is 15.1 Å². The first-order valence-corrected chi connectivity index (χ1v) is 6.07. The molecule has 1 fully saturated rings. The number of hydrogen-bond donors (Lipinski definition) is 2. The van der Waals surface area contributed by atoms with E-state index in [0.717, 1.165) is 12.1 Å². The monoisotopic (exact) mass is 253 g/mol. The summed E-state index contributed by atoms with van der Waals surface area (Å²) in [4.78, 5) is 13.6. The molecule has 1 saturated heterocycles. The fourth-order valence-corrected chi connectivity index (χ4v) is 2.03. The molecule has 1 aliphatic rings. The number of amides is 1. The molecule has 2 N–H and O–H groups in total. The number of hydrogen-bond acceptors (Lipinski definition) is 4. The molecule has 0 bridgehead atoms. The van der Waals surface area contributed by atoms with Gasteiger partial charge in [-0.15, -0.1) is 0 Å². The van der Waals surface area contributed by atoms with Crippen LogP contribution in [0.4, 0.5) is 4.79 Å². The molecule has 1 aromatic rings. The third-order valence-electron chi connectivity index (χ3n) is 2.84.